The van der Waals surface area contributed by atoms with Crippen molar-refractivity contribution in [3.05, 3.63) is 118 Å². The number of hydrogen-bond acceptors (Lipinski definition) is 12. The van der Waals surface area contributed by atoms with Gasteiger partial charge in [0.1, 0.15) is 24.2 Å². The zero-order chi connectivity index (χ0) is 61.7. The molecule has 3 heterocycles. The van der Waals surface area contributed by atoms with Crippen LogP contribution in [0.3, 0.4) is 0 Å². The number of phenols is 1. The largest absolute Gasteiger partial charge is 0.504 e. The highest BCUT2D eigenvalue weighted by Crippen LogP contribution is 2.73. The van der Waals surface area contributed by atoms with Crippen LogP contribution in [0.2, 0.25) is 0 Å². The minimum atomic E-state index is -0.965. The minimum absolute atomic E-state index is 0.0256. The lowest BCUT2D eigenvalue weighted by molar-refractivity contribution is 0.0338. The number of allylic oxidation sites excluding steroid dienone is 2. The van der Waals surface area contributed by atoms with Gasteiger partial charge in [-0.25, -0.2) is 4.99 Å². The molecule has 488 valence electrons. The first-order chi connectivity index (χ1) is 43.3. The van der Waals surface area contributed by atoms with Crippen molar-refractivity contribution in [1.29, 1.82) is 0 Å². The smallest absolute Gasteiger partial charge is 0.189 e. The standard InChI is InChI=1S/C74H108N6O7S2/c1-46-17-25-56-52-35-50(21-26-57(56)59(61(75)39-52)44-88-89-45-64(46)80-72(76)78-54-14-8-13-49(36-54)19-18-48-11-4-3-5-12-48)23-28-67-53(42-82)38-55(87-67)24-20-51-22-27-65(84)68(37-51)86-43-66(85)63-40-58-70(62(15-10-34-81)77-41-47(2)83)74-32-9-16-69(74)73(30-6-7-31-73)60(29-33-74)71(58)79-63/h3-5,11-12,22,27,29,33,37-38,40,46-47,49-50,52,54,56-57,59-62,64,66,69-70,77,79,81-85H,6-10,13-21,23-26,28,30-32,34-36,39,41-45,75H2,1-2H3,(H3,76,78,80)/t46-,47-,49+,50-,52+,54-,56-,57+,59+,60+,61+,62+,64+,66-,69+,70+,74+/m0/s1. The van der Waals surface area contributed by atoms with Crippen LogP contribution in [0.4, 0.5) is 0 Å². The number of benzene rings is 2. The van der Waals surface area contributed by atoms with E-state index in [1.807, 2.05) is 46.7 Å². The Bertz CT molecular complexity index is 2980. The van der Waals surface area contributed by atoms with Crippen molar-refractivity contribution in [2.75, 3.05) is 31.3 Å². The van der Waals surface area contributed by atoms with Crippen LogP contribution in [0, 0.1) is 58.2 Å². The number of aromatic nitrogens is 1. The molecular weight excluding hydrogens is 1150 g/mol. The molecule has 4 aromatic rings. The first kappa shape index (κ1) is 65.1. The molecule has 15 heteroatoms. The van der Waals surface area contributed by atoms with E-state index in [1.54, 1.807) is 6.07 Å². The number of phenolic OH excluding ortho intramolecular Hbond substituents is 1. The summed E-state index contributed by atoms with van der Waals surface area (Å²) in [5.74, 6) is 9.95. The van der Waals surface area contributed by atoms with E-state index >= 15 is 0 Å². The van der Waals surface area contributed by atoms with Crippen molar-refractivity contribution in [1.82, 2.24) is 15.6 Å². The summed E-state index contributed by atoms with van der Waals surface area (Å²) in [4.78, 5) is 9.09. The number of H-pyrrole nitrogens is 1. The second-order valence-corrected chi connectivity index (χ2v) is 32.1. The summed E-state index contributed by atoms with van der Waals surface area (Å²) >= 11 is 0. The SMILES string of the molecule is C[C@H](O)CN[C@H](CCCO)[C@H]1c2cc([C@@H](O)COc3cc(CCc4cc(CO)c(CC[C@@H]5CC[C@H]6[C@H]7CSSC[C@@H](N=C(N)N[C@H]8CCC[C@H](CCc9ccccc9)C8)[C@@H](C)CC[C@H]6[C@H](C5)C[C@H]7N)o4)ccc3O)[nH]c2[C@H]2C=C[C@@]13CCC[C@@H]3C21CCCC1. The van der Waals surface area contributed by atoms with Crippen LogP contribution in [0.1, 0.15) is 212 Å². The molecule has 5 saturated carbocycles. The van der Waals surface area contributed by atoms with Gasteiger partial charge in [0.05, 0.1) is 18.8 Å². The van der Waals surface area contributed by atoms with Crippen LogP contribution in [-0.4, -0.2) is 98.0 Å². The predicted molar refractivity (Wildman–Crippen MR) is 361 cm³/mol. The zero-order valence-corrected chi connectivity index (χ0v) is 55.2. The van der Waals surface area contributed by atoms with Crippen LogP contribution in [0.5, 0.6) is 11.5 Å². The van der Waals surface area contributed by atoms with Crippen LogP contribution in [0.25, 0.3) is 0 Å². The van der Waals surface area contributed by atoms with E-state index in [0.717, 1.165) is 97.1 Å². The third-order valence-corrected chi connectivity index (χ3v) is 26.6. The van der Waals surface area contributed by atoms with E-state index in [9.17, 15) is 25.5 Å². The maximum Gasteiger partial charge on any atom is 0.189 e. The number of hydrogen-bond donors (Lipinski definition) is 10. The molecule has 8 aliphatic carbocycles. The molecule has 6 bridgehead atoms. The topological polar surface area (TPSA) is 228 Å². The Morgan fingerprint density at radius 1 is 0.831 bits per heavy atom. The number of aliphatic imine (C=N–C) groups is 1. The third kappa shape index (κ3) is 14.6. The summed E-state index contributed by atoms with van der Waals surface area (Å²) in [7, 11) is 4.00. The van der Waals surface area contributed by atoms with Crippen molar-refractivity contribution in [3.63, 3.8) is 0 Å². The van der Waals surface area contributed by atoms with Gasteiger partial charge in [-0.15, -0.1) is 0 Å². The molecule has 0 radical (unpaired) electrons. The summed E-state index contributed by atoms with van der Waals surface area (Å²) in [6.45, 7) is 4.75. The molecule has 0 amide bonds. The lowest BCUT2D eigenvalue weighted by Crippen LogP contribution is -2.50. The Hall–Kier alpha value is -3.93. The highest BCUT2D eigenvalue weighted by molar-refractivity contribution is 8.76. The lowest BCUT2D eigenvalue weighted by Gasteiger charge is -2.53. The Morgan fingerprint density at radius 3 is 2.46 bits per heavy atom. The summed E-state index contributed by atoms with van der Waals surface area (Å²) in [6, 6.07) is 21.5. The highest BCUT2D eigenvalue weighted by atomic mass is 33.1. The number of aliphatic hydroxyl groups is 4. The van der Waals surface area contributed by atoms with E-state index in [1.165, 1.54) is 107 Å². The van der Waals surface area contributed by atoms with Gasteiger partial charge < -0.3 is 61.8 Å². The Labute approximate surface area is 539 Å². The maximum absolute atomic E-state index is 12.0. The Balaban J connectivity index is 0.654. The molecule has 2 aromatic heterocycles. The number of nitrogens with two attached hydrogens (primary N) is 2. The first-order valence-corrected chi connectivity index (χ1v) is 37.7. The number of aryl methyl sites for hydroxylation is 4. The van der Waals surface area contributed by atoms with Crippen LogP contribution in [-0.2, 0) is 32.3 Å². The number of furan rings is 1. The Kier molecular flexibility index (Phi) is 21.6. The normalized spacial score (nSPS) is 32.8. The number of aromatic hydroxyl groups is 1. The maximum atomic E-state index is 12.0. The average Bonchev–Trinajstić information content (AvgIpc) is 1.54. The summed E-state index contributed by atoms with van der Waals surface area (Å²) in [6.07, 6.45) is 31.1. The number of nitrogens with zero attached hydrogens (tertiary/aromatic N) is 1. The number of aromatic amines is 1. The fourth-order valence-electron chi connectivity index (χ4n) is 19.8. The number of rotatable bonds is 23. The van der Waals surface area contributed by atoms with Crippen molar-refractivity contribution >= 4 is 27.5 Å². The molecule has 2 aromatic carbocycles. The number of guanidine groups is 1. The Morgan fingerprint density at radius 2 is 1.64 bits per heavy atom. The van der Waals surface area contributed by atoms with Crippen molar-refractivity contribution < 1.29 is 34.7 Å². The molecule has 13 nitrogen and oxygen atoms in total. The van der Waals surface area contributed by atoms with E-state index in [4.69, 9.17) is 25.6 Å². The van der Waals surface area contributed by atoms with Gasteiger partial charge in [-0.1, -0.05) is 116 Å². The highest BCUT2D eigenvalue weighted by Gasteiger charge is 2.65. The van der Waals surface area contributed by atoms with Gasteiger partial charge in [0, 0.05) is 89.8 Å². The first-order valence-electron chi connectivity index (χ1n) is 35.2. The molecule has 9 aliphatic rings. The molecule has 12 N–H and O–H groups in total. The number of aliphatic hydroxyl groups excluding tert-OH is 4. The number of nitrogens with one attached hydrogen (secondary N) is 3. The molecular formula is C74H108N6O7S2. The van der Waals surface area contributed by atoms with E-state index in [-0.39, 0.29) is 66.4 Å². The van der Waals surface area contributed by atoms with Crippen LogP contribution < -0.4 is 26.8 Å². The van der Waals surface area contributed by atoms with Crippen LogP contribution in [0.15, 0.2) is 82.2 Å². The fraction of sp³-hybridized carbons (Fsp3) is 0.689. The van der Waals surface area contributed by atoms with Crippen molar-refractivity contribution in [2.24, 2.45) is 74.6 Å². The van der Waals surface area contributed by atoms with Crippen molar-refractivity contribution in [3.8, 4) is 11.5 Å². The zero-order valence-electron chi connectivity index (χ0n) is 53.6. The van der Waals surface area contributed by atoms with E-state index in [0.29, 0.717) is 85.0 Å². The quantitative estimate of drug-likeness (QED) is 0.0144. The second-order valence-electron chi connectivity index (χ2n) is 29.6. The molecule has 17 atom stereocenters. The van der Waals surface area contributed by atoms with Gasteiger partial charge in [-0.2, -0.15) is 0 Å². The third-order valence-electron chi connectivity index (χ3n) is 24.1. The summed E-state index contributed by atoms with van der Waals surface area (Å²) < 4.78 is 12.9. The van der Waals surface area contributed by atoms with E-state index in [2.05, 4.69) is 71.1 Å². The lowest BCUT2D eigenvalue weighted by atomic mass is 9.51. The van der Waals surface area contributed by atoms with Gasteiger partial charge >= 0.3 is 0 Å². The molecule has 89 heavy (non-hydrogen) atoms. The van der Waals surface area contributed by atoms with Gasteiger partial charge in [0.2, 0.25) is 0 Å². The molecule has 13 rings (SSSR count). The molecule has 1 saturated heterocycles. The fourth-order valence-corrected chi connectivity index (χ4v) is 22.6. The van der Waals surface area contributed by atoms with Gasteiger partial charge in [0.15, 0.2) is 17.5 Å². The summed E-state index contributed by atoms with van der Waals surface area (Å²) in [5.41, 5.74) is 20.6. The second kappa shape index (κ2) is 29.6. The van der Waals surface area contributed by atoms with Gasteiger partial charge in [-0.3, -0.25) is 0 Å². The number of ether oxygens (including phenoxy) is 1. The average molecular weight is 1260 g/mol. The molecule has 6 fully saturated rings. The van der Waals surface area contributed by atoms with Crippen molar-refractivity contribution in [2.45, 2.75) is 229 Å². The molecule has 1 aliphatic heterocycles. The van der Waals surface area contributed by atoms with Gasteiger partial charge in [-0.05, 0) is 210 Å². The van der Waals surface area contributed by atoms with E-state index < -0.39 is 12.2 Å². The summed E-state index contributed by atoms with van der Waals surface area (Å²) in [5, 5.41) is 61.9. The molecule has 0 unspecified atom stereocenters. The van der Waals surface area contributed by atoms with Gasteiger partial charge in [0.25, 0.3) is 0 Å². The molecule has 2 spiro atoms. The van der Waals surface area contributed by atoms with Crippen LogP contribution >= 0.6 is 21.6 Å². The monoisotopic (exact) mass is 1260 g/mol. The minimum Gasteiger partial charge on any atom is -0.504 e. The predicted octanol–water partition coefficient (Wildman–Crippen LogP) is 13.1.